The van der Waals surface area contributed by atoms with Crippen LogP contribution in [0.1, 0.15) is 18.6 Å². The second-order valence-electron chi connectivity index (χ2n) is 8.84. The average molecular weight is 435 g/mol. The molecule has 0 bridgehead atoms. The Balaban J connectivity index is 1.08. The van der Waals surface area contributed by atoms with E-state index >= 15 is 0 Å². The second-order valence-corrected chi connectivity index (χ2v) is 8.84. The highest BCUT2D eigenvalue weighted by Crippen LogP contribution is 2.40. The maximum Gasteiger partial charge on any atom is 0.231 e. The molecule has 4 heterocycles. The number of fused-ring (bicyclic) bond motifs is 2. The van der Waals surface area contributed by atoms with Gasteiger partial charge in [-0.05, 0) is 48.9 Å². The fourth-order valence-electron chi connectivity index (χ4n) is 5.13. The van der Waals surface area contributed by atoms with E-state index < -0.39 is 6.10 Å². The maximum atomic E-state index is 10.7. The minimum atomic E-state index is -0.482. The van der Waals surface area contributed by atoms with Gasteiger partial charge < -0.3 is 23.8 Å². The van der Waals surface area contributed by atoms with E-state index in [1.807, 2.05) is 36.4 Å². The molecule has 0 unspecified atom stereocenters. The number of benzene rings is 1. The van der Waals surface area contributed by atoms with Crippen molar-refractivity contribution in [2.45, 2.75) is 31.6 Å². The summed E-state index contributed by atoms with van der Waals surface area (Å²) < 4.78 is 22.5. The van der Waals surface area contributed by atoms with E-state index in [0.717, 1.165) is 48.7 Å². The Bertz CT molecular complexity index is 1090. The van der Waals surface area contributed by atoms with Gasteiger partial charge in [0.1, 0.15) is 17.5 Å². The van der Waals surface area contributed by atoms with Crippen molar-refractivity contribution in [1.82, 2.24) is 15.0 Å². The van der Waals surface area contributed by atoms with Crippen molar-refractivity contribution in [3.05, 3.63) is 54.6 Å². The lowest BCUT2D eigenvalue weighted by molar-refractivity contribution is -0.0232. The molecule has 2 aliphatic heterocycles. The zero-order valence-corrected chi connectivity index (χ0v) is 17.6. The molecule has 166 valence electrons. The lowest BCUT2D eigenvalue weighted by atomic mass is 9.78. The minimum Gasteiger partial charge on any atom is -0.488 e. The van der Waals surface area contributed by atoms with Crippen LogP contribution in [0.25, 0.3) is 11.3 Å². The topological polar surface area (TPSA) is 90.1 Å². The zero-order valence-electron chi connectivity index (χ0n) is 17.6. The number of aliphatic hydroxyl groups excluding tert-OH is 1. The molecule has 6 rings (SSSR count). The molecule has 32 heavy (non-hydrogen) atoms. The van der Waals surface area contributed by atoms with E-state index in [2.05, 4.69) is 15.0 Å². The summed E-state index contributed by atoms with van der Waals surface area (Å²) in [5.74, 6) is 3.91. The van der Waals surface area contributed by atoms with Crippen molar-refractivity contribution in [3.8, 4) is 28.5 Å². The predicted octanol–water partition coefficient (Wildman–Crippen LogP) is 3.12. The van der Waals surface area contributed by atoms with E-state index in [4.69, 9.17) is 18.7 Å². The lowest BCUT2D eigenvalue weighted by Crippen LogP contribution is -2.42. The largest absolute Gasteiger partial charge is 0.488 e. The molecule has 8 nitrogen and oxygen atoms in total. The summed E-state index contributed by atoms with van der Waals surface area (Å²) in [6.07, 6.45) is 4.40. The molecule has 3 aromatic rings. The van der Waals surface area contributed by atoms with Crippen molar-refractivity contribution < 1.29 is 23.8 Å². The maximum absolute atomic E-state index is 10.7. The molecule has 1 N–H and O–H groups in total. The smallest absolute Gasteiger partial charge is 0.231 e. The Hall–Kier alpha value is -3.10. The monoisotopic (exact) mass is 435 g/mol. The number of hydrogen-bond acceptors (Lipinski definition) is 8. The summed E-state index contributed by atoms with van der Waals surface area (Å²) in [6.45, 7) is 2.85. The van der Waals surface area contributed by atoms with Crippen LogP contribution in [0.2, 0.25) is 0 Å². The molecule has 0 radical (unpaired) electrons. The predicted molar refractivity (Wildman–Crippen MR) is 114 cm³/mol. The van der Waals surface area contributed by atoms with Crippen LogP contribution >= 0.6 is 0 Å². The van der Waals surface area contributed by atoms with Gasteiger partial charge in [-0.1, -0.05) is 5.16 Å². The molecule has 0 spiro atoms. The zero-order chi connectivity index (χ0) is 21.5. The highest BCUT2D eigenvalue weighted by Gasteiger charge is 2.43. The Kier molecular flexibility index (Phi) is 4.96. The fourth-order valence-corrected chi connectivity index (χ4v) is 5.13. The van der Waals surface area contributed by atoms with Crippen LogP contribution in [-0.4, -0.2) is 52.2 Å². The number of hydrogen-bond donors (Lipinski definition) is 1. The summed E-state index contributed by atoms with van der Waals surface area (Å²) in [7, 11) is 0. The third-order valence-corrected chi connectivity index (χ3v) is 6.69. The van der Waals surface area contributed by atoms with Crippen LogP contribution in [0.15, 0.2) is 53.3 Å². The second kappa shape index (κ2) is 8.11. The summed E-state index contributed by atoms with van der Waals surface area (Å²) in [4.78, 5) is 6.53. The van der Waals surface area contributed by atoms with Gasteiger partial charge in [-0.25, -0.2) is 0 Å². The first-order chi connectivity index (χ1) is 15.7. The SMILES string of the molecule is O[C@@H]1C[C@H]2CN(Cc3cc(-c4cccnc4)no3)C[C@H]2C[C@H]1Oc1ccc2c(c1)OCO2. The molecule has 4 atom stereocenters. The van der Waals surface area contributed by atoms with E-state index in [9.17, 15) is 5.11 Å². The molecular formula is C24H25N3O5. The van der Waals surface area contributed by atoms with E-state index in [0.29, 0.717) is 29.9 Å². The van der Waals surface area contributed by atoms with Gasteiger partial charge in [0.2, 0.25) is 6.79 Å². The number of aromatic nitrogens is 2. The molecule has 1 aromatic carbocycles. The van der Waals surface area contributed by atoms with E-state index in [1.54, 1.807) is 12.4 Å². The number of aliphatic hydroxyl groups is 1. The molecule has 3 aliphatic rings. The van der Waals surface area contributed by atoms with Crippen molar-refractivity contribution in [2.24, 2.45) is 11.8 Å². The van der Waals surface area contributed by atoms with Crippen molar-refractivity contribution >= 4 is 0 Å². The number of pyridine rings is 1. The number of ether oxygens (including phenoxy) is 3. The van der Waals surface area contributed by atoms with Gasteiger partial charge in [-0.15, -0.1) is 0 Å². The highest BCUT2D eigenvalue weighted by atomic mass is 16.7. The molecule has 1 saturated carbocycles. The Morgan fingerprint density at radius 1 is 1.06 bits per heavy atom. The summed E-state index contributed by atoms with van der Waals surface area (Å²) in [5, 5.41) is 14.9. The summed E-state index contributed by atoms with van der Waals surface area (Å²) in [5.41, 5.74) is 1.75. The van der Waals surface area contributed by atoms with Crippen LogP contribution in [0.3, 0.4) is 0 Å². The Morgan fingerprint density at radius 3 is 2.81 bits per heavy atom. The number of nitrogens with zero attached hydrogens (tertiary/aromatic N) is 3. The van der Waals surface area contributed by atoms with Gasteiger partial charge in [-0.3, -0.25) is 9.88 Å². The first-order valence-electron chi connectivity index (χ1n) is 11.0. The van der Waals surface area contributed by atoms with Crippen LogP contribution in [0, 0.1) is 11.8 Å². The Morgan fingerprint density at radius 2 is 1.94 bits per heavy atom. The molecule has 2 fully saturated rings. The van der Waals surface area contributed by atoms with Crippen molar-refractivity contribution in [3.63, 3.8) is 0 Å². The first-order valence-corrected chi connectivity index (χ1v) is 11.0. The minimum absolute atomic E-state index is 0.223. The van der Waals surface area contributed by atoms with E-state index in [-0.39, 0.29) is 12.9 Å². The van der Waals surface area contributed by atoms with Crippen molar-refractivity contribution in [2.75, 3.05) is 19.9 Å². The van der Waals surface area contributed by atoms with Gasteiger partial charge in [0.25, 0.3) is 0 Å². The normalized spacial score (nSPS) is 26.8. The molecular weight excluding hydrogens is 410 g/mol. The van der Waals surface area contributed by atoms with E-state index in [1.165, 1.54) is 0 Å². The average Bonchev–Trinajstić information content (AvgIpc) is 3.54. The third-order valence-electron chi connectivity index (χ3n) is 6.69. The van der Waals surface area contributed by atoms with Crippen LogP contribution in [0.5, 0.6) is 17.2 Å². The van der Waals surface area contributed by atoms with Gasteiger partial charge in [0.15, 0.2) is 17.3 Å². The van der Waals surface area contributed by atoms with Gasteiger partial charge in [-0.2, -0.15) is 0 Å². The lowest BCUT2D eigenvalue weighted by Gasteiger charge is -2.35. The molecule has 2 aromatic heterocycles. The first kappa shape index (κ1) is 19.6. The van der Waals surface area contributed by atoms with Gasteiger partial charge in [0, 0.05) is 43.2 Å². The van der Waals surface area contributed by atoms with Gasteiger partial charge >= 0.3 is 0 Å². The molecule has 1 saturated heterocycles. The summed E-state index contributed by atoms with van der Waals surface area (Å²) in [6, 6.07) is 11.4. The fraction of sp³-hybridized carbons (Fsp3) is 0.417. The molecule has 1 aliphatic carbocycles. The third kappa shape index (κ3) is 3.80. The Labute approximate surface area is 185 Å². The summed E-state index contributed by atoms with van der Waals surface area (Å²) >= 11 is 0. The number of likely N-dealkylation sites (tertiary alicyclic amines) is 1. The molecule has 8 heteroatoms. The highest BCUT2D eigenvalue weighted by molar-refractivity contribution is 5.57. The quantitative estimate of drug-likeness (QED) is 0.654. The van der Waals surface area contributed by atoms with Crippen LogP contribution in [0.4, 0.5) is 0 Å². The standard InChI is InChI=1S/C24H25N3O5/c28-21-6-16-11-27(13-19-8-20(26-32-19)15-2-1-5-25-10-15)12-17(16)7-23(21)31-18-3-4-22-24(9-18)30-14-29-22/h1-5,8-10,16-17,21,23,28H,6-7,11-14H2/t16-,17+,21+,23+/m0/s1. The number of rotatable bonds is 5. The van der Waals surface area contributed by atoms with Crippen LogP contribution < -0.4 is 14.2 Å². The van der Waals surface area contributed by atoms with Gasteiger partial charge in [0.05, 0.1) is 12.6 Å². The van der Waals surface area contributed by atoms with Crippen LogP contribution in [-0.2, 0) is 6.54 Å². The molecule has 0 amide bonds. The van der Waals surface area contributed by atoms with Crippen molar-refractivity contribution in [1.29, 1.82) is 0 Å².